The standard InChI is InChI=1S/C10H10ClN3/c1-8-2-4-10(5-3-8)14-7-9(6-11)12-13-14/h2-5,7H,6H2,1H3. The molecule has 2 rings (SSSR count). The lowest BCUT2D eigenvalue weighted by atomic mass is 10.2. The number of hydrogen-bond donors (Lipinski definition) is 0. The second-order valence-corrected chi connectivity index (χ2v) is 3.39. The maximum atomic E-state index is 5.64. The molecule has 0 aliphatic heterocycles. The van der Waals surface area contributed by atoms with E-state index in [0.717, 1.165) is 11.4 Å². The molecule has 1 aromatic carbocycles. The van der Waals surface area contributed by atoms with Crippen molar-refractivity contribution in [2.24, 2.45) is 0 Å². The van der Waals surface area contributed by atoms with Gasteiger partial charge in [-0.15, -0.1) is 16.7 Å². The van der Waals surface area contributed by atoms with Gasteiger partial charge >= 0.3 is 0 Å². The Balaban J connectivity index is 2.34. The van der Waals surface area contributed by atoms with Crippen molar-refractivity contribution in [1.29, 1.82) is 0 Å². The zero-order valence-corrected chi connectivity index (χ0v) is 8.57. The van der Waals surface area contributed by atoms with Crippen LogP contribution < -0.4 is 0 Å². The normalized spacial score (nSPS) is 10.4. The van der Waals surface area contributed by atoms with Gasteiger partial charge in [0.05, 0.1) is 23.5 Å². The highest BCUT2D eigenvalue weighted by atomic mass is 35.5. The summed E-state index contributed by atoms with van der Waals surface area (Å²) >= 11 is 5.64. The first-order valence-electron chi connectivity index (χ1n) is 4.34. The van der Waals surface area contributed by atoms with Crippen LogP contribution in [0.2, 0.25) is 0 Å². The molecule has 0 spiro atoms. The fraction of sp³-hybridized carbons (Fsp3) is 0.200. The molecule has 0 aliphatic carbocycles. The van der Waals surface area contributed by atoms with E-state index in [2.05, 4.69) is 17.2 Å². The summed E-state index contributed by atoms with van der Waals surface area (Å²) in [5.41, 5.74) is 3.01. The molecule has 72 valence electrons. The first-order valence-corrected chi connectivity index (χ1v) is 4.87. The Kier molecular flexibility index (Phi) is 2.50. The van der Waals surface area contributed by atoms with Gasteiger partial charge in [0.15, 0.2) is 0 Å². The molecule has 0 bridgehead atoms. The van der Waals surface area contributed by atoms with Crippen LogP contribution in [0.25, 0.3) is 5.69 Å². The van der Waals surface area contributed by atoms with E-state index in [9.17, 15) is 0 Å². The van der Waals surface area contributed by atoms with E-state index in [1.165, 1.54) is 5.56 Å². The van der Waals surface area contributed by atoms with Gasteiger partial charge in [-0.25, -0.2) is 4.68 Å². The lowest BCUT2D eigenvalue weighted by Crippen LogP contribution is -1.94. The SMILES string of the molecule is Cc1ccc(-n2cc(CCl)nn2)cc1. The van der Waals surface area contributed by atoms with Gasteiger partial charge in [-0.1, -0.05) is 22.9 Å². The molecule has 0 atom stereocenters. The van der Waals surface area contributed by atoms with Crippen LogP contribution in [-0.4, -0.2) is 15.0 Å². The topological polar surface area (TPSA) is 30.7 Å². The van der Waals surface area contributed by atoms with Gasteiger partial charge in [-0.3, -0.25) is 0 Å². The average Bonchev–Trinajstić information content (AvgIpc) is 2.67. The largest absolute Gasteiger partial charge is 0.220 e. The highest BCUT2D eigenvalue weighted by Gasteiger charge is 2.00. The minimum absolute atomic E-state index is 0.395. The fourth-order valence-corrected chi connectivity index (χ4v) is 1.31. The molecule has 0 saturated carbocycles. The minimum atomic E-state index is 0.395. The van der Waals surface area contributed by atoms with Gasteiger partial charge in [0.1, 0.15) is 0 Å². The number of aromatic nitrogens is 3. The molecule has 2 aromatic rings. The molecule has 0 saturated heterocycles. The first-order chi connectivity index (χ1) is 6.79. The minimum Gasteiger partial charge on any atom is -0.220 e. The molecule has 0 N–H and O–H groups in total. The Morgan fingerprint density at radius 3 is 2.57 bits per heavy atom. The van der Waals surface area contributed by atoms with Crippen molar-refractivity contribution >= 4 is 11.6 Å². The highest BCUT2D eigenvalue weighted by molar-refractivity contribution is 6.16. The first kappa shape index (κ1) is 9.21. The van der Waals surface area contributed by atoms with E-state index in [1.54, 1.807) is 4.68 Å². The zero-order valence-electron chi connectivity index (χ0n) is 7.81. The van der Waals surface area contributed by atoms with Crippen LogP contribution in [-0.2, 0) is 5.88 Å². The predicted octanol–water partition coefficient (Wildman–Crippen LogP) is 2.31. The van der Waals surface area contributed by atoms with Crippen molar-refractivity contribution < 1.29 is 0 Å². The molecule has 4 heteroatoms. The molecule has 0 radical (unpaired) electrons. The summed E-state index contributed by atoms with van der Waals surface area (Å²) in [5, 5.41) is 7.88. The highest BCUT2D eigenvalue weighted by Crippen LogP contribution is 2.08. The molecule has 0 amide bonds. The van der Waals surface area contributed by atoms with Crippen LogP contribution in [0.15, 0.2) is 30.5 Å². The van der Waals surface area contributed by atoms with Crippen LogP contribution >= 0.6 is 11.6 Å². The van der Waals surface area contributed by atoms with Crippen molar-refractivity contribution in [1.82, 2.24) is 15.0 Å². The Bertz CT molecular complexity index is 419. The molecule has 0 unspecified atom stereocenters. The van der Waals surface area contributed by atoms with E-state index in [4.69, 9.17) is 11.6 Å². The summed E-state index contributed by atoms with van der Waals surface area (Å²) in [4.78, 5) is 0. The Morgan fingerprint density at radius 1 is 1.29 bits per heavy atom. The van der Waals surface area contributed by atoms with E-state index in [-0.39, 0.29) is 0 Å². The molecule has 1 heterocycles. The van der Waals surface area contributed by atoms with E-state index in [1.807, 2.05) is 30.5 Å². The molecule has 1 aromatic heterocycles. The Morgan fingerprint density at radius 2 is 2.00 bits per heavy atom. The number of benzene rings is 1. The fourth-order valence-electron chi connectivity index (χ4n) is 1.18. The smallest absolute Gasteiger partial charge is 0.0979 e. The molecular weight excluding hydrogens is 198 g/mol. The van der Waals surface area contributed by atoms with Gasteiger partial charge in [0, 0.05) is 0 Å². The summed E-state index contributed by atoms with van der Waals surface area (Å²) in [6.45, 7) is 2.05. The second kappa shape index (κ2) is 3.80. The van der Waals surface area contributed by atoms with Crippen molar-refractivity contribution in [3.63, 3.8) is 0 Å². The van der Waals surface area contributed by atoms with Gasteiger partial charge in [-0.2, -0.15) is 0 Å². The second-order valence-electron chi connectivity index (χ2n) is 3.12. The van der Waals surface area contributed by atoms with Crippen LogP contribution in [0.4, 0.5) is 0 Å². The zero-order chi connectivity index (χ0) is 9.97. The summed E-state index contributed by atoms with van der Waals surface area (Å²) in [6.07, 6.45) is 1.83. The molecule has 3 nitrogen and oxygen atoms in total. The Labute approximate surface area is 87.3 Å². The Hall–Kier alpha value is -1.35. The molecule has 14 heavy (non-hydrogen) atoms. The maximum Gasteiger partial charge on any atom is 0.0979 e. The number of nitrogens with zero attached hydrogens (tertiary/aromatic N) is 3. The molecular formula is C10H10ClN3. The monoisotopic (exact) mass is 207 g/mol. The van der Waals surface area contributed by atoms with E-state index >= 15 is 0 Å². The van der Waals surface area contributed by atoms with Crippen LogP contribution in [0.5, 0.6) is 0 Å². The number of aryl methyl sites for hydroxylation is 1. The predicted molar refractivity (Wildman–Crippen MR) is 55.7 cm³/mol. The molecule has 0 fully saturated rings. The van der Waals surface area contributed by atoms with E-state index in [0.29, 0.717) is 5.88 Å². The van der Waals surface area contributed by atoms with Crippen molar-refractivity contribution in [3.05, 3.63) is 41.7 Å². The molecule has 0 aliphatic rings. The maximum absolute atomic E-state index is 5.64. The third kappa shape index (κ3) is 1.77. The van der Waals surface area contributed by atoms with E-state index < -0.39 is 0 Å². The van der Waals surface area contributed by atoms with Gasteiger partial charge in [-0.05, 0) is 19.1 Å². The van der Waals surface area contributed by atoms with Crippen molar-refractivity contribution in [3.8, 4) is 5.69 Å². The number of alkyl halides is 1. The lowest BCUT2D eigenvalue weighted by molar-refractivity contribution is 0.800. The summed E-state index contributed by atoms with van der Waals surface area (Å²) in [5.74, 6) is 0.395. The van der Waals surface area contributed by atoms with Gasteiger partial charge < -0.3 is 0 Å². The van der Waals surface area contributed by atoms with Crippen molar-refractivity contribution in [2.75, 3.05) is 0 Å². The quantitative estimate of drug-likeness (QED) is 0.708. The third-order valence-corrected chi connectivity index (χ3v) is 2.25. The summed E-state index contributed by atoms with van der Waals surface area (Å²) in [6, 6.07) is 8.08. The number of halogens is 1. The summed E-state index contributed by atoms with van der Waals surface area (Å²) in [7, 11) is 0. The van der Waals surface area contributed by atoms with Gasteiger partial charge in [0.2, 0.25) is 0 Å². The lowest BCUT2D eigenvalue weighted by Gasteiger charge is -1.99. The van der Waals surface area contributed by atoms with Crippen LogP contribution in [0.3, 0.4) is 0 Å². The van der Waals surface area contributed by atoms with Crippen molar-refractivity contribution in [2.45, 2.75) is 12.8 Å². The van der Waals surface area contributed by atoms with Crippen LogP contribution in [0.1, 0.15) is 11.3 Å². The number of hydrogen-bond acceptors (Lipinski definition) is 2. The number of rotatable bonds is 2. The summed E-state index contributed by atoms with van der Waals surface area (Å²) < 4.78 is 1.72. The average molecular weight is 208 g/mol. The third-order valence-electron chi connectivity index (χ3n) is 1.98. The van der Waals surface area contributed by atoms with Gasteiger partial charge in [0.25, 0.3) is 0 Å². The van der Waals surface area contributed by atoms with Crippen LogP contribution in [0, 0.1) is 6.92 Å².